The number of likely N-dealkylation sites (tertiary alicyclic amines) is 1. The molecule has 2 aromatic heterocycles. The molecule has 4 aromatic rings. The molecule has 1 fully saturated rings. The monoisotopic (exact) mass is 373 g/mol. The summed E-state index contributed by atoms with van der Waals surface area (Å²) in [5, 5.41) is 8.57. The Bertz CT molecular complexity index is 1080. The molecule has 0 spiro atoms. The first kappa shape index (κ1) is 16.7. The molecule has 2 aromatic carbocycles. The molecule has 0 bridgehead atoms. The fourth-order valence-corrected chi connectivity index (χ4v) is 3.60. The van der Waals surface area contributed by atoms with Crippen molar-refractivity contribution < 1.29 is 9.21 Å². The number of piperidine rings is 1. The predicted octanol–water partition coefficient (Wildman–Crippen LogP) is 3.43. The summed E-state index contributed by atoms with van der Waals surface area (Å²) in [5.74, 6) is 0.915. The second-order valence-corrected chi connectivity index (χ2v) is 6.94. The molecule has 1 aliphatic heterocycles. The summed E-state index contributed by atoms with van der Waals surface area (Å²) in [5.41, 5.74) is 2.89. The molecule has 0 N–H and O–H groups in total. The van der Waals surface area contributed by atoms with Gasteiger partial charge in [-0.25, -0.2) is 4.98 Å². The lowest BCUT2D eigenvalue weighted by atomic mass is 9.96. The van der Waals surface area contributed by atoms with Gasteiger partial charge in [-0.05, 0) is 37.1 Å². The van der Waals surface area contributed by atoms with Crippen molar-refractivity contribution in [3.8, 4) is 5.69 Å². The Morgan fingerprint density at radius 3 is 2.54 bits per heavy atom. The van der Waals surface area contributed by atoms with Gasteiger partial charge < -0.3 is 9.32 Å². The molecule has 1 amide bonds. The van der Waals surface area contributed by atoms with E-state index in [0.29, 0.717) is 18.8 Å². The normalized spacial score (nSPS) is 15.2. The van der Waals surface area contributed by atoms with Crippen LogP contribution in [0.3, 0.4) is 0 Å². The summed E-state index contributed by atoms with van der Waals surface area (Å²) in [4.78, 5) is 20.7. The van der Waals surface area contributed by atoms with Crippen LogP contribution in [-0.4, -0.2) is 43.9 Å². The number of para-hydroxylation sites is 3. The third-order valence-electron chi connectivity index (χ3n) is 5.14. The first-order chi connectivity index (χ1) is 13.8. The average molecular weight is 373 g/mol. The van der Waals surface area contributed by atoms with Crippen LogP contribution in [0.2, 0.25) is 0 Å². The number of benzene rings is 2. The molecule has 0 saturated carbocycles. The Hall–Kier alpha value is -3.48. The first-order valence-electron chi connectivity index (χ1n) is 9.40. The molecule has 7 heteroatoms. The van der Waals surface area contributed by atoms with Crippen LogP contribution in [0.5, 0.6) is 0 Å². The van der Waals surface area contributed by atoms with Gasteiger partial charge in [-0.2, -0.15) is 9.90 Å². The summed E-state index contributed by atoms with van der Waals surface area (Å²) in [6.07, 6.45) is 3.18. The van der Waals surface area contributed by atoms with E-state index in [1.54, 1.807) is 0 Å². The SMILES string of the molecule is O=C(c1cnn(-c2ccccc2)n1)N1CCC(c2nc3ccccc3o2)CC1. The lowest BCUT2D eigenvalue weighted by molar-refractivity contribution is 0.0700. The average Bonchev–Trinajstić information content (AvgIpc) is 3.41. The number of fused-ring (bicyclic) bond motifs is 1. The number of hydrogen-bond donors (Lipinski definition) is 0. The van der Waals surface area contributed by atoms with Crippen LogP contribution in [0.1, 0.15) is 35.1 Å². The van der Waals surface area contributed by atoms with Crippen molar-refractivity contribution in [2.45, 2.75) is 18.8 Å². The van der Waals surface area contributed by atoms with Crippen molar-refractivity contribution in [3.05, 3.63) is 72.4 Å². The Morgan fingerprint density at radius 1 is 1.00 bits per heavy atom. The fraction of sp³-hybridized carbons (Fsp3) is 0.238. The summed E-state index contributed by atoms with van der Waals surface area (Å²) in [7, 11) is 0. The Balaban J connectivity index is 1.26. The largest absolute Gasteiger partial charge is 0.440 e. The van der Waals surface area contributed by atoms with Gasteiger partial charge in [0.05, 0.1) is 11.9 Å². The maximum Gasteiger partial charge on any atom is 0.276 e. The van der Waals surface area contributed by atoms with Crippen molar-refractivity contribution in [2.24, 2.45) is 0 Å². The first-order valence-corrected chi connectivity index (χ1v) is 9.40. The maximum atomic E-state index is 12.8. The van der Waals surface area contributed by atoms with E-state index in [0.717, 1.165) is 35.5 Å². The third kappa shape index (κ3) is 3.05. The summed E-state index contributed by atoms with van der Waals surface area (Å²) >= 11 is 0. The van der Waals surface area contributed by atoms with Crippen LogP contribution in [0.4, 0.5) is 0 Å². The topological polar surface area (TPSA) is 77.1 Å². The van der Waals surface area contributed by atoms with Crippen LogP contribution in [0.15, 0.2) is 65.2 Å². The molecule has 0 aliphatic carbocycles. The second kappa shape index (κ2) is 6.92. The van der Waals surface area contributed by atoms with Gasteiger partial charge >= 0.3 is 0 Å². The molecule has 3 heterocycles. The van der Waals surface area contributed by atoms with Gasteiger partial charge in [-0.1, -0.05) is 30.3 Å². The van der Waals surface area contributed by atoms with E-state index in [1.807, 2.05) is 59.5 Å². The van der Waals surface area contributed by atoms with E-state index in [-0.39, 0.29) is 11.8 Å². The van der Waals surface area contributed by atoms with Crippen molar-refractivity contribution in [3.63, 3.8) is 0 Å². The molecule has 1 saturated heterocycles. The zero-order valence-corrected chi connectivity index (χ0v) is 15.2. The standard InChI is InChI=1S/C21H19N5O2/c27-21(18-14-22-26(24-18)16-6-2-1-3-7-16)25-12-10-15(11-13-25)20-23-17-8-4-5-9-19(17)28-20/h1-9,14-15H,10-13H2. The lowest BCUT2D eigenvalue weighted by Gasteiger charge is -2.29. The lowest BCUT2D eigenvalue weighted by Crippen LogP contribution is -2.38. The second-order valence-electron chi connectivity index (χ2n) is 6.94. The number of amides is 1. The third-order valence-corrected chi connectivity index (χ3v) is 5.14. The number of carbonyl (C=O) groups is 1. The molecule has 28 heavy (non-hydrogen) atoms. The van der Waals surface area contributed by atoms with Crippen LogP contribution < -0.4 is 0 Å². The van der Waals surface area contributed by atoms with Crippen LogP contribution >= 0.6 is 0 Å². The molecule has 0 radical (unpaired) electrons. The van der Waals surface area contributed by atoms with Crippen LogP contribution in [0, 0.1) is 0 Å². The Kier molecular flexibility index (Phi) is 4.12. The molecule has 1 aliphatic rings. The van der Waals surface area contributed by atoms with E-state index < -0.39 is 0 Å². The van der Waals surface area contributed by atoms with E-state index in [1.165, 1.54) is 11.0 Å². The number of carbonyl (C=O) groups excluding carboxylic acids is 1. The highest BCUT2D eigenvalue weighted by Gasteiger charge is 2.28. The maximum absolute atomic E-state index is 12.8. The molecule has 0 unspecified atom stereocenters. The zero-order valence-electron chi connectivity index (χ0n) is 15.2. The number of nitrogens with zero attached hydrogens (tertiary/aromatic N) is 5. The molecule has 7 nitrogen and oxygen atoms in total. The van der Waals surface area contributed by atoms with Gasteiger partial charge in [0, 0.05) is 19.0 Å². The Morgan fingerprint density at radius 2 is 1.75 bits per heavy atom. The molecule has 0 atom stereocenters. The fourth-order valence-electron chi connectivity index (χ4n) is 3.60. The summed E-state index contributed by atoms with van der Waals surface area (Å²) in [6, 6.07) is 17.4. The van der Waals surface area contributed by atoms with Gasteiger partial charge in [0.25, 0.3) is 5.91 Å². The van der Waals surface area contributed by atoms with E-state index in [4.69, 9.17) is 4.42 Å². The molecular weight excluding hydrogens is 354 g/mol. The van der Waals surface area contributed by atoms with E-state index in [2.05, 4.69) is 15.2 Å². The summed E-state index contributed by atoms with van der Waals surface area (Å²) < 4.78 is 5.90. The zero-order chi connectivity index (χ0) is 18.9. The number of aromatic nitrogens is 4. The van der Waals surface area contributed by atoms with Crippen molar-refractivity contribution in [2.75, 3.05) is 13.1 Å². The Labute approximate surface area is 161 Å². The molecule has 140 valence electrons. The van der Waals surface area contributed by atoms with E-state index >= 15 is 0 Å². The van der Waals surface area contributed by atoms with Crippen LogP contribution in [0.25, 0.3) is 16.8 Å². The van der Waals surface area contributed by atoms with Gasteiger partial charge in [0.1, 0.15) is 5.52 Å². The highest BCUT2D eigenvalue weighted by molar-refractivity contribution is 5.92. The van der Waals surface area contributed by atoms with Gasteiger partial charge in [0.2, 0.25) is 0 Å². The molecule has 5 rings (SSSR count). The number of rotatable bonds is 3. The van der Waals surface area contributed by atoms with Gasteiger partial charge in [-0.3, -0.25) is 4.79 Å². The molecular formula is C21H19N5O2. The van der Waals surface area contributed by atoms with Crippen LogP contribution in [-0.2, 0) is 0 Å². The highest BCUT2D eigenvalue weighted by atomic mass is 16.3. The number of oxazole rings is 1. The predicted molar refractivity (Wildman–Crippen MR) is 103 cm³/mol. The smallest absolute Gasteiger partial charge is 0.276 e. The van der Waals surface area contributed by atoms with Gasteiger partial charge in [-0.15, -0.1) is 5.10 Å². The van der Waals surface area contributed by atoms with E-state index in [9.17, 15) is 4.79 Å². The van der Waals surface area contributed by atoms with Crippen molar-refractivity contribution >= 4 is 17.0 Å². The quantitative estimate of drug-likeness (QED) is 0.550. The number of hydrogen-bond acceptors (Lipinski definition) is 5. The minimum Gasteiger partial charge on any atom is -0.440 e. The van der Waals surface area contributed by atoms with Gasteiger partial charge in [0.15, 0.2) is 17.2 Å². The van der Waals surface area contributed by atoms with Crippen molar-refractivity contribution in [1.82, 2.24) is 24.9 Å². The summed E-state index contributed by atoms with van der Waals surface area (Å²) in [6.45, 7) is 1.31. The highest BCUT2D eigenvalue weighted by Crippen LogP contribution is 2.30. The minimum absolute atomic E-state index is 0.0850. The van der Waals surface area contributed by atoms with Crippen molar-refractivity contribution in [1.29, 1.82) is 0 Å². The minimum atomic E-state index is -0.0850.